The van der Waals surface area contributed by atoms with Crippen LogP contribution in [-0.4, -0.2) is 19.2 Å². The van der Waals surface area contributed by atoms with Gasteiger partial charge in [0.1, 0.15) is 12.4 Å². The predicted molar refractivity (Wildman–Crippen MR) is 90.2 cm³/mol. The maximum Gasteiger partial charge on any atom is 0.119 e. The summed E-state index contributed by atoms with van der Waals surface area (Å²) in [6, 6.07) is 8.11. The smallest absolute Gasteiger partial charge is 0.119 e. The minimum absolute atomic E-state index is 0.462. The van der Waals surface area contributed by atoms with E-state index in [-0.39, 0.29) is 0 Å². The summed E-state index contributed by atoms with van der Waals surface area (Å²) in [6.07, 6.45) is 9.43. The van der Waals surface area contributed by atoms with Gasteiger partial charge in [-0.3, -0.25) is 0 Å². The van der Waals surface area contributed by atoms with Gasteiger partial charge in [-0.25, -0.2) is 0 Å². The fraction of sp³-hybridized carbons (Fsp3) is 0.667. The minimum Gasteiger partial charge on any atom is -0.492 e. The van der Waals surface area contributed by atoms with Crippen LogP contribution in [0.15, 0.2) is 24.3 Å². The minimum atomic E-state index is 0.462. The summed E-state index contributed by atoms with van der Waals surface area (Å²) >= 11 is 5.90. The van der Waals surface area contributed by atoms with E-state index in [1.165, 1.54) is 44.9 Å². The van der Waals surface area contributed by atoms with Gasteiger partial charge >= 0.3 is 0 Å². The summed E-state index contributed by atoms with van der Waals surface area (Å²) < 4.78 is 5.94. The maximum absolute atomic E-state index is 5.94. The van der Waals surface area contributed by atoms with E-state index in [0.717, 1.165) is 29.8 Å². The third-order valence-electron chi connectivity index (χ3n) is 4.29. The van der Waals surface area contributed by atoms with Crippen LogP contribution in [-0.2, 0) is 0 Å². The van der Waals surface area contributed by atoms with Crippen LogP contribution in [0.4, 0.5) is 0 Å². The molecule has 2 nitrogen and oxygen atoms in total. The Bertz CT molecular complexity index is 387. The van der Waals surface area contributed by atoms with E-state index in [4.69, 9.17) is 16.3 Å². The zero-order valence-corrected chi connectivity index (χ0v) is 13.9. The van der Waals surface area contributed by atoms with E-state index in [1.54, 1.807) is 0 Å². The molecule has 1 aliphatic carbocycles. The molecule has 1 saturated carbocycles. The van der Waals surface area contributed by atoms with Crippen molar-refractivity contribution in [3.63, 3.8) is 0 Å². The van der Waals surface area contributed by atoms with Crippen molar-refractivity contribution in [1.82, 2.24) is 5.32 Å². The average Bonchev–Trinajstić information content (AvgIpc) is 2.52. The first-order valence-corrected chi connectivity index (χ1v) is 8.77. The fourth-order valence-electron chi connectivity index (χ4n) is 3.11. The highest BCUT2D eigenvalue weighted by molar-refractivity contribution is 6.30. The number of benzene rings is 1. The van der Waals surface area contributed by atoms with Crippen molar-refractivity contribution in [1.29, 1.82) is 0 Å². The molecule has 21 heavy (non-hydrogen) atoms. The highest BCUT2D eigenvalue weighted by Crippen LogP contribution is 2.27. The Morgan fingerprint density at radius 2 is 1.90 bits per heavy atom. The van der Waals surface area contributed by atoms with Crippen molar-refractivity contribution in [2.24, 2.45) is 5.92 Å². The lowest BCUT2D eigenvalue weighted by Gasteiger charge is -2.27. The van der Waals surface area contributed by atoms with E-state index in [2.05, 4.69) is 12.2 Å². The molecule has 0 bridgehead atoms. The Hall–Kier alpha value is -0.730. The molecule has 0 heterocycles. The van der Waals surface area contributed by atoms with Crippen molar-refractivity contribution in [2.75, 3.05) is 13.2 Å². The molecule has 0 aromatic heterocycles. The van der Waals surface area contributed by atoms with E-state index < -0.39 is 0 Å². The summed E-state index contributed by atoms with van der Waals surface area (Å²) in [4.78, 5) is 0. The normalized spacial score (nSPS) is 17.6. The summed E-state index contributed by atoms with van der Waals surface area (Å²) in [6.45, 7) is 4.03. The van der Waals surface area contributed by atoms with Crippen LogP contribution in [0, 0.1) is 5.92 Å². The van der Waals surface area contributed by atoms with Crippen LogP contribution in [0.1, 0.15) is 51.9 Å². The van der Waals surface area contributed by atoms with E-state index in [9.17, 15) is 0 Å². The van der Waals surface area contributed by atoms with Gasteiger partial charge in [0.05, 0.1) is 0 Å². The zero-order valence-electron chi connectivity index (χ0n) is 13.1. The van der Waals surface area contributed by atoms with Crippen molar-refractivity contribution in [3.8, 4) is 5.75 Å². The second kappa shape index (κ2) is 9.32. The molecule has 0 saturated heterocycles. The number of hydrogen-bond donors (Lipinski definition) is 1. The van der Waals surface area contributed by atoms with Crippen molar-refractivity contribution in [2.45, 2.75) is 57.9 Å². The molecule has 3 heteroatoms. The summed E-state index contributed by atoms with van der Waals surface area (Å²) in [5.41, 5.74) is 0. The van der Waals surface area contributed by atoms with Gasteiger partial charge in [-0.15, -0.1) is 0 Å². The van der Waals surface area contributed by atoms with Crippen LogP contribution >= 0.6 is 11.6 Å². The van der Waals surface area contributed by atoms with Crippen LogP contribution < -0.4 is 10.1 Å². The third-order valence-corrected chi connectivity index (χ3v) is 4.54. The van der Waals surface area contributed by atoms with Crippen LogP contribution in [0.25, 0.3) is 0 Å². The standard InChI is InChI=1S/C18H28ClNO/c1-2-12-20-17(13-15-6-4-3-5-7-15)14-21-18-10-8-16(19)9-11-18/h8-11,15,17,20H,2-7,12-14H2,1H3. The van der Waals surface area contributed by atoms with Crippen molar-refractivity contribution in [3.05, 3.63) is 29.3 Å². The largest absolute Gasteiger partial charge is 0.492 e. The first-order chi connectivity index (χ1) is 10.3. The molecule has 1 unspecified atom stereocenters. The van der Waals surface area contributed by atoms with Gasteiger partial charge < -0.3 is 10.1 Å². The first-order valence-electron chi connectivity index (χ1n) is 8.39. The lowest BCUT2D eigenvalue weighted by atomic mass is 9.85. The molecular weight excluding hydrogens is 282 g/mol. The molecule has 118 valence electrons. The third kappa shape index (κ3) is 6.27. The Morgan fingerprint density at radius 3 is 2.57 bits per heavy atom. The zero-order chi connectivity index (χ0) is 14.9. The van der Waals surface area contributed by atoms with Crippen molar-refractivity contribution < 1.29 is 4.74 Å². The van der Waals surface area contributed by atoms with Crippen molar-refractivity contribution >= 4 is 11.6 Å². The number of halogens is 1. The second-order valence-corrected chi connectivity index (χ2v) is 6.59. The van der Waals surface area contributed by atoms with E-state index in [1.807, 2.05) is 24.3 Å². The summed E-state index contributed by atoms with van der Waals surface area (Å²) in [5, 5.41) is 4.40. The SMILES string of the molecule is CCCNC(COc1ccc(Cl)cc1)CC1CCCCC1. The van der Waals surface area contributed by atoms with Crippen LogP contribution in [0.3, 0.4) is 0 Å². The number of nitrogens with one attached hydrogen (secondary N) is 1. The van der Waals surface area contributed by atoms with E-state index in [0.29, 0.717) is 6.04 Å². The molecule has 1 aliphatic rings. The molecule has 0 radical (unpaired) electrons. The highest BCUT2D eigenvalue weighted by Gasteiger charge is 2.19. The van der Waals surface area contributed by atoms with Gasteiger partial charge in [0.2, 0.25) is 0 Å². The first kappa shape index (κ1) is 16.6. The molecule has 1 aromatic rings. The summed E-state index contributed by atoms with van der Waals surface area (Å²) in [5.74, 6) is 1.79. The Morgan fingerprint density at radius 1 is 1.19 bits per heavy atom. The quantitative estimate of drug-likeness (QED) is 0.725. The highest BCUT2D eigenvalue weighted by atomic mass is 35.5. The fourth-order valence-corrected chi connectivity index (χ4v) is 3.24. The van der Waals surface area contributed by atoms with Crippen LogP contribution in [0.2, 0.25) is 5.02 Å². The maximum atomic E-state index is 5.94. The Labute approximate surface area is 134 Å². The molecule has 2 rings (SSSR count). The molecule has 0 spiro atoms. The molecule has 1 atom stereocenters. The Balaban J connectivity index is 1.81. The second-order valence-electron chi connectivity index (χ2n) is 6.16. The number of hydrogen-bond acceptors (Lipinski definition) is 2. The topological polar surface area (TPSA) is 21.3 Å². The molecule has 0 aliphatic heterocycles. The van der Waals surface area contributed by atoms with E-state index >= 15 is 0 Å². The van der Waals surface area contributed by atoms with Gasteiger partial charge in [-0.05, 0) is 49.6 Å². The molecular formula is C18H28ClNO. The van der Waals surface area contributed by atoms with Gasteiger partial charge in [-0.2, -0.15) is 0 Å². The number of ether oxygens (including phenoxy) is 1. The lowest BCUT2D eigenvalue weighted by molar-refractivity contribution is 0.219. The number of rotatable bonds is 8. The molecule has 1 aromatic carbocycles. The molecule has 1 fully saturated rings. The monoisotopic (exact) mass is 309 g/mol. The molecule has 1 N–H and O–H groups in total. The van der Waals surface area contributed by atoms with Gasteiger partial charge in [-0.1, -0.05) is 50.6 Å². The average molecular weight is 310 g/mol. The van der Waals surface area contributed by atoms with Crippen LogP contribution in [0.5, 0.6) is 5.75 Å². The Kier molecular flexibility index (Phi) is 7.38. The van der Waals surface area contributed by atoms with Gasteiger partial charge in [0.15, 0.2) is 0 Å². The van der Waals surface area contributed by atoms with Gasteiger partial charge in [0.25, 0.3) is 0 Å². The van der Waals surface area contributed by atoms with Gasteiger partial charge in [0, 0.05) is 11.1 Å². The predicted octanol–water partition coefficient (Wildman–Crippen LogP) is 5.06. The lowest BCUT2D eigenvalue weighted by Crippen LogP contribution is -2.37. The summed E-state index contributed by atoms with van der Waals surface area (Å²) in [7, 11) is 0. The molecule has 0 amide bonds.